The first-order valence-electron chi connectivity index (χ1n) is 4.95. The number of hydrogen-bond acceptors (Lipinski definition) is 3. The molecule has 1 aromatic carbocycles. The summed E-state index contributed by atoms with van der Waals surface area (Å²) in [4.78, 5) is 0.371. The van der Waals surface area contributed by atoms with Crippen molar-refractivity contribution < 1.29 is 8.42 Å². The number of hydrogen-bond donors (Lipinski definition) is 1. The third-order valence-electron chi connectivity index (χ3n) is 2.02. The fourth-order valence-electron chi connectivity index (χ4n) is 1.28. The maximum absolute atomic E-state index is 11.3. The highest BCUT2D eigenvalue weighted by atomic mass is 32.2. The van der Waals surface area contributed by atoms with Crippen molar-refractivity contribution in [3.05, 3.63) is 29.3 Å². The van der Waals surface area contributed by atoms with Gasteiger partial charge in [-0.1, -0.05) is 26.0 Å². The molecule has 0 amide bonds. The van der Waals surface area contributed by atoms with Crippen molar-refractivity contribution >= 4 is 9.84 Å². The van der Waals surface area contributed by atoms with Gasteiger partial charge in [-0.25, -0.2) is 8.42 Å². The average Bonchev–Trinajstić information content (AvgIpc) is 2.19. The molecule has 1 aromatic rings. The Morgan fingerprint density at radius 1 is 1.27 bits per heavy atom. The molecule has 0 aliphatic rings. The predicted octanol–water partition coefficient (Wildman–Crippen LogP) is 1.88. The Morgan fingerprint density at radius 2 is 1.80 bits per heavy atom. The van der Waals surface area contributed by atoms with Gasteiger partial charge in [0.25, 0.3) is 0 Å². The molecular formula is C11H19NO2S. The van der Waals surface area contributed by atoms with Crippen LogP contribution in [0.4, 0.5) is 0 Å². The lowest BCUT2D eigenvalue weighted by molar-refractivity contribution is 0.601. The van der Waals surface area contributed by atoms with E-state index in [-0.39, 0.29) is 0 Å². The summed E-state index contributed by atoms with van der Waals surface area (Å²) in [5, 5.41) is 0. The van der Waals surface area contributed by atoms with E-state index in [1.807, 2.05) is 19.9 Å². The third-order valence-corrected chi connectivity index (χ3v) is 3.26. The molecule has 0 bridgehead atoms. The van der Waals surface area contributed by atoms with Crippen LogP contribution in [0.15, 0.2) is 23.1 Å². The Morgan fingerprint density at radius 3 is 2.20 bits per heavy atom. The second-order valence-electron chi connectivity index (χ2n) is 3.02. The van der Waals surface area contributed by atoms with Gasteiger partial charge in [-0.2, -0.15) is 0 Å². The summed E-state index contributed by atoms with van der Waals surface area (Å²) in [5.41, 5.74) is 7.10. The lowest BCUT2D eigenvalue weighted by atomic mass is 10.1. The van der Waals surface area contributed by atoms with E-state index in [1.165, 1.54) is 6.26 Å². The molecule has 2 N–H and O–H groups in total. The van der Waals surface area contributed by atoms with E-state index in [0.29, 0.717) is 11.4 Å². The standard InChI is InChI=1S/C9H13NO2S.C2H6/c1-7-8(6-10)4-3-5-9(7)13(2,11)12;1-2/h3-5H,6,10H2,1-2H3;1-2H3. The topological polar surface area (TPSA) is 60.2 Å². The van der Waals surface area contributed by atoms with E-state index in [0.717, 1.165) is 11.1 Å². The van der Waals surface area contributed by atoms with Crippen LogP contribution in [0.5, 0.6) is 0 Å². The Bertz CT molecular complexity index is 411. The van der Waals surface area contributed by atoms with E-state index in [1.54, 1.807) is 19.1 Å². The molecule has 0 atom stereocenters. The van der Waals surface area contributed by atoms with Crippen LogP contribution < -0.4 is 5.73 Å². The third kappa shape index (κ3) is 3.64. The van der Waals surface area contributed by atoms with Gasteiger partial charge in [-0.05, 0) is 24.1 Å². The molecule has 0 fully saturated rings. The van der Waals surface area contributed by atoms with E-state index in [2.05, 4.69) is 0 Å². The summed E-state index contributed by atoms with van der Waals surface area (Å²) < 4.78 is 22.6. The van der Waals surface area contributed by atoms with Gasteiger partial charge in [0.05, 0.1) is 4.90 Å². The minimum absolute atomic E-state index is 0.370. The molecule has 0 unspecified atom stereocenters. The monoisotopic (exact) mass is 229 g/mol. The van der Waals surface area contributed by atoms with Crippen molar-refractivity contribution in [3.8, 4) is 0 Å². The van der Waals surface area contributed by atoms with Crippen LogP contribution in [0.1, 0.15) is 25.0 Å². The van der Waals surface area contributed by atoms with Crippen molar-refractivity contribution in [1.29, 1.82) is 0 Å². The summed E-state index contributed by atoms with van der Waals surface area (Å²) in [6, 6.07) is 5.15. The normalized spacial score (nSPS) is 10.5. The Hall–Kier alpha value is -0.870. The number of rotatable bonds is 2. The van der Waals surface area contributed by atoms with Crippen molar-refractivity contribution in [3.63, 3.8) is 0 Å². The molecule has 0 saturated carbocycles. The summed E-state index contributed by atoms with van der Waals surface area (Å²) >= 11 is 0. The zero-order valence-electron chi connectivity index (χ0n) is 9.74. The Balaban J connectivity index is 0.000000921. The zero-order chi connectivity index (χ0) is 12.1. The van der Waals surface area contributed by atoms with Gasteiger partial charge < -0.3 is 5.73 Å². The van der Waals surface area contributed by atoms with Gasteiger partial charge in [-0.3, -0.25) is 0 Å². The number of sulfone groups is 1. The Kier molecular flexibility index (Phi) is 5.54. The van der Waals surface area contributed by atoms with Crippen molar-refractivity contribution in [2.24, 2.45) is 5.73 Å². The van der Waals surface area contributed by atoms with E-state index in [4.69, 9.17) is 5.73 Å². The second kappa shape index (κ2) is 5.88. The quantitative estimate of drug-likeness (QED) is 0.842. The van der Waals surface area contributed by atoms with Gasteiger partial charge in [0.15, 0.2) is 9.84 Å². The summed E-state index contributed by atoms with van der Waals surface area (Å²) in [6.07, 6.45) is 1.20. The fraction of sp³-hybridized carbons (Fsp3) is 0.455. The lowest BCUT2D eigenvalue weighted by Crippen LogP contribution is -2.05. The summed E-state index contributed by atoms with van der Waals surface area (Å²) in [7, 11) is -3.12. The zero-order valence-corrected chi connectivity index (χ0v) is 10.6. The molecule has 0 aromatic heterocycles. The van der Waals surface area contributed by atoms with Crippen LogP contribution in [-0.4, -0.2) is 14.7 Å². The van der Waals surface area contributed by atoms with Crippen LogP contribution in [0.2, 0.25) is 0 Å². The summed E-state index contributed by atoms with van der Waals surface area (Å²) in [6.45, 7) is 6.15. The first-order valence-corrected chi connectivity index (χ1v) is 6.84. The van der Waals surface area contributed by atoms with Gasteiger partial charge in [0, 0.05) is 12.8 Å². The lowest BCUT2D eigenvalue weighted by Gasteiger charge is -2.07. The molecule has 86 valence electrons. The van der Waals surface area contributed by atoms with Crippen molar-refractivity contribution in [2.75, 3.05) is 6.26 Å². The average molecular weight is 229 g/mol. The molecule has 0 aliphatic heterocycles. The molecule has 3 nitrogen and oxygen atoms in total. The SMILES string of the molecule is CC.Cc1c(CN)cccc1S(C)(=O)=O. The predicted molar refractivity (Wildman–Crippen MR) is 63.5 cm³/mol. The highest BCUT2D eigenvalue weighted by Gasteiger charge is 2.11. The first kappa shape index (κ1) is 14.1. The molecule has 1 rings (SSSR count). The first-order chi connectivity index (χ1) is 6.96. The van der Waals surface area contributed by atoms with Crippen LogP contribution in [0, 0.1) is 6.92 Å². The highest BCUT2D eigenvalue weighted by molar-refractivity contribution is 7.90. The Labute approximate surface area is 92.2 Å². The molecule has 0 radical (unpaired) electrons. The maximum Gasteiger partial charge on any atom is 0.175 e. The van der Waals surface area contributed by atoms with Crippen LogP contribution in [-0.2, 0) is 16.4 Å². The van der Waals surface area contributed by atoms with Gasteiger partial charge in [0.1, 0.15) is 0 Å². The van der Waals surface area contributed by atoms with Gasteiger partial charge >= 0.3 is 0 Å². The highest BCUT2D eigenvalue weighted by Crippen LogP contribution is 2.17. The number of benzene rings is 1. The molecule has 0 heterocycles. The van der Waals surface area contributed by atoms with Crippen molar-refractivity contribution in [2.45, 2.75) is 32.2 Å². The largest absolute Gasteiger partial charge is 0.326 e. The molecule has 0 aliphatic carbocycles. The smallest absolute Gasteiger partial charge is 0.175 e. The van der Waals surface area contributed by atoms with Crippen molar-refractivity contribution in [1.82, 2.24) is 0 Å². The van der Waals surface area contributed by atoms with E-state index >= 15 is 0 Å². The van der Waals surface area contributed by atoms with Gasteiger partial charge in [0.2, 0.25) is 0 Å². The minimum atomic E-state index is -3.12. The molecule has 15 heavy (non-hydrogen) atoms. The van der Waals surface area contributed by atoms with E-state index < -0.39 is 9.84 Å². The number of nitrogens with two attached hydrogens (primary N) is 1. The second-order valence-corrected chi connectivity index (χ2v) is 5.00. The van der Waals surface area contributed by atoms with E-state index in [9.17, 15) is 8.42 Å². The minimum Gasteiger partial charge on any atom is -0.326 e. The summed E-state index contributed by atoms with van der Waals surface area (Å²) in [5.74, 6) is 0. The molecule has 0 spiro atoms. The molecule has 0 saturated heterocycles. The molecule has 4 heteroatoms. The van der Waals surface area contributed by atoms with Crippen LogP contribution in [0.3, 0.4) is 0 Å². The fourth-order valence-corrected chi connectivity index (χ4v) is 2.30. The van der Waals surface area contributed by atoms with Gasteiger partial charge in [-0.15, -0.1) is 0 Å². The molecular weight excluding hydrogens is 210 g/mol. The van der Waals surface area contributed by atoms with Crippen LogP contribution in [0.25, 0.3) is 0 Å². The maximum atomic E-state index is 11.3. The van der Waals surface area contributed by atoms with Crippen LogP contribution >= 0.6 is 0 Å².